The molecule has 34 heavy (non-hydrogen) atoms. The van der Waals surface area contributed by atoms with Gasteiger partial charge in [-0.05, 0) is 17.9 Å². The maximum absolute atomic E-state index is 15.9. The molecule has 4 atom stereocenters. The largest absolute Gasteiger partial charge is 0.477 e. The number of halogens is 3. The van der Waals surface area contributed by atoms with Crippen LogP contribution in [0.1, 0.15) is 40.8 Å². The van der Waals surface area contributed by atoms with E-state index in [0.717, 1.165) is 16.3 Å². The van der Waals surface area contributed by atoms with E-state index in [2.05, 4.69) is 0 Å². The number of hydrogen-bond acceptors (Lipinski definition) is 5. The average molecular weight is 472 g/mol. The third kappa shape index (κ3) is 3.40. The van der Waals surface area contributed by atoms with Crippen LogP contribution in [-0.4, -0.2) is 34.9 Å². The smallest absolute Gasteiger partial charge is 0.341 e. The number of nitrogens with zero attached hydrogens (tertiary/aromatic N) is 2. The zero-order chi connectivity index (χ0) is 24.3. The van der Waals surface area contributed by atoms with Crippen molar-refractivity contribution in [2.45, 2.75) is 31.1 Å². The Bertz CT molecular complexity index is 1360. The Labute approximate surface area is 192 Å². The molecule has 1 aromatic heterocycles. The van der Waals surface area contributed by atoms with E-state index in [1.807, 2.05) is 30.3 Å². The lowest BCUT2D eigenvalue weighted by molar-refractivity contribution is 0.0694. The maximum atomic E-state index is 15.9. The van der Waals surface area contributed by atoms with Crippen LogP contribution in [-0.2, 0) is 0 Å². The van der Waals surface area contributed by atoms with Crippen LogP contribution in [0.3, 0.4) is 0 Å². The molecule has 10 heteroatoms. The van der Waals surface area contributed by atoms with Crippen molar-refractivity contribution in [1.29, 1.82) is 0 Å². The minimum Gasteiger partial charge on any atom is -0.477 e. The minimum atomic E-state index is -1.58. The molecular formula is C24H23F3N4O3. The number of pyridine rings is 1. The van der Waals surface area contributed by atoms with Crippen molar-refractivity contribution < 1.29 is 23.1 Å². The van der Waals surface area contributed by atoms with Gasteiger partial charge in [-0.3, -0.25) is 4.79 Å². The Hall–Kier alpha value is -3.53. The molecule has 1 aliphatic heterocycles. The Morgan fingerprint density at radius 2 is 1.85 bits per heavy atom. The van der Waals surface area contributed by atoms with Gasteiger partial charge in [0.1, 0.15) is 17.4 Å². The highest BCUT2D eigenvalue weighted by molar-refractivity contribution is 5.99. The second kappa shape index (κ2) is 8.05. The third-order valence-electron chi connectivity index (χ3n) is 6.87. The van der Waals surface area contributed by atoms with E-state index >= 15 is 8.78 Å². The standard InChI is InChI=1S/C24H23F3N4O3/c25-14-8-15(14)31-10-13(24(33)34)23(32)16-20(29)17(26)22(18(27)21(16)31)30-7-6-12(9-30)19(28)11-4-2-1-3-5-11/h1-5,10,12,14-15,19H,6-9,28-29H2,(H,33,34)/t12-,14+,15-,19?/m1/s1. The molecule has 1 aliphatic carbocycles. The van der Waals surface area contributed by atoms with Crippen molar-refractivity contribution in [1.82, 2.24) is 4.57 Å². The van der Waals surface area contributed by atoms with Crippen LogP contribution in [0.5, 0.6) is 0 Å². The molecule has 0 spiro atoms. The van der Waals surface area contributed by atoms with Gasteiger partial charge < -0.3 is 26.0 Å². The highest BCUT2D eigenvalue weighted by Crippen LogP contribution is 2.44. The maximum Gasteiger partial charge on any atom is 0.341 e. The number of nitrogen functional groups attached to an aromatic ring is 1. The first kappa shape index (κ1) is 22.3. The van der Waals surface area contributed by atoms with E-state index in [0.29, 0.717) is 13.0 Å². The van der Waals surface area contributed by atoms with Gasteiger partial charge in [-0.15, -0.1) is 0 Å². The Morgan fingerprint density at radius 3 is 2.47 bits per heavy atom. The quantitative estimate of drug-likeness (QED) is 0.491. The molecule has 5 rings (SSSR count). The second-order valence-electron chi connectivity index (χ2n) is 8.95. The minimum absolute atomic E-state index is 0.0286. The van der Waals surface area contributed by atoms with Gasteiger partial charge in [-0.2, -0.15) is 0 Å². The SMILES string of the molecule is Nc1c(F)c(N2CC[C@@H](C(N)c3ccccc3)C2)c(F)c2c1c(=O)c(C(=O)O)cn2[C@@H]1C[C@@H]1F. The normalized spacial score (nSPS) is 22.8. The van der Waals surface area contributed by atoms with Crippen molar-refractivity contribution in [3.63, 3.8) is 0 Å². The summed E-state index contributed by atoms with van der Waals surface area (Å²) in [4.78, 5) is 25.8. The first-order chi connectivity index (χ1) is 16.2. The lowest BCUT2D eigenvalue weighted by Gasteiger charge is -2.25. The van der Waals surface area contributed by atoms with Crippen LogP contribution < -0.4 is 21.8 Å². The van der Waals surface area contributed by atoms with Gasteiger partial charge in [0.2, 0.25) is 5.43 Å². The number of carbonyl (C=O) groups is 1. The highest BCUT2D eigenvalue weighted by atomic mass is 19.1. The van der Waals surface area contributed by atoms with Gasteiger partial charge in [0.25, 0.3) is 0 Å². The van der Waals surface area contributed by atoms with Crippen LogP contribution in [0.4, 0.5) is 24.5 Å². The number of hydrogen-bond donors (Lipinski definition) is 3. The summed E-state index contributed by atoms with van der Waals surface area (Å²) < 4.78 is 46.3. The van der Waals surface area contributed by atoms with Gasteiger partial charge in [-0.25, -0.2) is 18.0 Å². The van der Waals surface area contributed by atoms with Gasteiger partial charge in [-0.1, -0.05) is 30.3 Å². The first-order valence-corrected chi connectivity index (χ1v) is 11.0. The Kier molecular flexibility index (Phi) is 5.27. The van der Waals surface area contributed by atoms with Crippen molar-refractivity contribution in [3.05, 3.63) is 69.5 Å². The molecule has 5 N–H and O–H groups in total. The summed E-state index contributed by atoms with van der Waals surface area (Å²) in [6.45, 7) is 0.554. The molecule has 2 aromatic carbocycles. The molecule has 1 unspecified atom stereocenters. The van der Waals surface area contributed by atoms with Gasteiger partial charge in [0.05, 0.1) is 22.6 Å². The fourth-order valence-corrected chi connectivity index (χ4v) is 4.91. The van der Waals surface area contributed by atoms with Crippen molar-refractivity contribution in [2.75, 3.05) is 23.7 Å². The fraction of sp³-hybridized carbons (Fsp3) is 0.333. The molecule has 3 aromatic rings. The number of nitrogens with two attached hydrogens (primary N) is 2. The summed E-state index contributed by atoms with van der Waals surface area (Å²) in [7, 11) is 0. The predicted molar refractivity (Wildman–Crippen MR) is 122 cm³/mol. The zero-order valence-corrected chi connectivity index (χ0v) is 18.0. The molecule has 0 bridgehead atoms. The number of anilines is 2. The molecule has 2 fully saturated rings. The predicted octanol–water partition coefficient (Wildman–Crippen LogP) is 3.37. The molecule has 2 heterocycles. The summed E-state index contributed by atoms with van der Waals surface area (Å²) >= 11 is 0. The molecule has 1 saturated heterocycles. The van der Waals surface area contributed by atoms with Crippen LogP contribution in [0, 0.1) is 17.6 Å². The molecule has 178 valence electrons. The number of benzene rings is 2. The number of rotatable bonds is 5. The van der Waals surface area contributed by atoms with Crippen LogP contribution in [0.2, 0.25) is 0 Å². The fourth-order valence-electron chi connectivity index (χ4n) is 4.91. The van der Waals surface area contributed by atoms with E-state index in [1.54, 1.807) is 0 Å². The number of alkyl halides is 1. The van der Waals surface area contributed by atoms with E-state index < -0.39 is 57.6 Å². The van der Waals surface area contributed by atoms with E-state index in [-0.39, 0.29) is 30.4 Å². The Balaban J connectivity index is 1.63. The topological polar surface area (TPSA) is 115 Å². The van der Waals surface area contributed by atoms with Gasteiger partial charge in [0, 0.05) is 31.7 Å². The zero-order valence-electron chi connectivity index (χ0n) is 18.0. The molecular weight excluding hydrogens is 449 g/mol. The molecule has 0 amide bonds. The molecule has 7 nitrogen and oxygen atoms in total. The number of carboxylic acid groups (broad SMARTS) is 1. The van der Waals surface area contributed by atoms with Gasteiger partial charge in [0.15, 0.2) is 11.6 Å². The van der Waals surface area contributed by atoms with Crippen molar-refractivity contribution in [2.24, 2.45) is 11.7 Å². The summed E-state index contributed by atoms with van der Waals surface area (Å²) in [6, 6.07) is 8.19. The Morgan fingerprint density at radius 1 is 1.18 bits per heavy atom. The third-order valence-corrected chi connectivity index (χ3v) is 6.87. The van der Waals surface area contributed by atoms with Crippen molar-refractivity contribution in [3.8, 4) is 0 Å². The first-order valence-electron chi connectivity index (χ1n) is 11.0. The summed E-state index contributed by atoms with van der Waals surface area (Å²) in [5.41, 5.74) is 9.97. The number of aromatic carboxylic acids is 1. The van der Waals surface area contributed by atoms with Gasteiger partial charge >= 0.3 is 5.97 Å². The van der Waals surface area contributed by atoms with E-state index in [1.165, 1.54) is 4.90 Å². The van der Waals surface area contributed by atoms with Crippen molar-refractivity contribution >= 4 is 28.2 Å². The highest BCUT2D eigenvalue weighted by Gasteiger charge is 2.42. The summed E-state index contributed by atoms with van der Waals surface area (Å²) in [6.07, 6.45) is 0.189. The molecule has 0 radical (unpaired) electrons. The monoisotopic (exact) mass is 472 g/mol. The summed E-state index contributed by atoms with van der Waals surface area (Å²) in [5, 5.41) is 8.81. The van der Waals surface area contributed by atoms with Crippen LogP contribution in [0.15, 0.2) is 41.3 Å². The number of fused-ring (bicyclic) bond motifs is 1. The van der Waals surface area contributed by atoms with Crippen LogP contribution in [0.25, 0.3) is 10.9 Å². The molecule has 2 aliphatic rings. The average Bonchev–Trinajstić information content (AvgIpc) is 3.35. The molecule has 1 saturated carbocycles. The number of aromatic nitrogens is 1. The number of carboxylic acids is 1. The second-order valence-corrected chi connectivity index (χ2v) is 8.95. The lowest BCUT2D eigenvalue weighted by atomic mass is 9.93. The van der Waals surface area contributed by atoms with Crippen LogP contribution >= 0.6 is 0 Å². The lowest BCUT2D eigenvalue weighted by Crippen LogP contribution is -2.28. The van der Waals surface area contributed by atoms with E-state index in [4.69, 9.17) is 11.5 Å². The van der Waals surface area contributed by atoms with E-state index in [9.17, 15) is 19.1 Å². The summed E-state index contributed by atoms with van der Waals surface area (Å²) in [5.74, 6) is -3.88.